The molecule has 5 N–H and O–H groups in total. The highest BCUT2D eigenvalue weighted by Crippen LogP contribution is 2.32. The summed E-state index contributed by atoms with van der Waals surface area (Å²) < 4.78 is 0. The van der Waals surface area contributed by atoms with Gasteiger partial charge in [0, 0.05) is 48.0 Å². The van der Waals surface area contributed by atoms with Crippen LogP contribution in [0.5, 0.6) is 0 Å². The maximum absolute atomic E-state index is 13.3. The van der Waals surface area contributed by atoms with Crippen LogP contribution in [0.15, 0.2) is 24.3 Å². The molecule has 0 radical (unpaired) electrons. The maximum Gasteiger partial charge on any atom is 0.312 e. The zero-order chi connectivity index (χ0) is 26.0. The standard InChI is InChI=1S/C25H33ClN6O4/c1-31(2)24(35)14-3-5-19(30-23(34)20-12-15-11-16(26)4-6-18(15)29-20)21(13-14)32(25(36)22(27)33)17-7-9-28-10-8-17/h4,6,11-12,14,17,19,21,28-29H,3,5,7-10,13H2,1-2H3,(H2,27,33)(H,30,34). The first-order valence-corrected chi connectivity index (χ1v) is 12.7. The number of hydrogen-bond acceptors (Lipinski definition) is 5. The number of benzene rings is 1. The molecule has 2 heterocycles. The number of primary amides is 1. The Morgan fingerprint density at radius 1 is 1.06 bits per heavy atom. The van der Waals surface area contributed by atoms with Crippen molar-refractivity contribution in [3.05, 3.63) is 35.0 Å². The Kier molecular flexibility index (Phi) is 7.85. The number of carbonyl (C=O) groups excluding carboxylic acids is 4. The monoisotopic (exact) mass is 516 g/mol. The van der Waals surface area contributed by atoms with Gasteiger partial charge < -0.3 is 31.2 Å². The van der Waals surface area contributed by atoms with E-state index in [1.165, 1.54) is 0 Å². The summed E-state index contributed by atoms with van der Waals surface area (Å²) in [5, 5.41) is 7.72. The summed E-state index contributed by atoms with van der Waals surface area (Å²) in [5.74, 6) is -2.49. The minimum absolute atomic E-state index is 0.0333. The molecule has 4 amide bonds. The summed E-state index contributed by atoms with van der Waals surface area (Å²) in [6.45, 7) is 1.41. The van der Waals surface area contributed by atoms with Crippen molar-refractivity contribution in [2.24, 2.45) is 11.7 Å². The van der Waals surface area contributed by atoms with E-state index < -0.39 is 23.9 Å². The van der Waals surface area contributed by atoms with Gasteiger partial charge in [-0.3, -0.25) is 19.2 Å². The molecule has 0 spiro atoms. The minimum atomic E-state index is -1.04. The fourth-order valence-electron chi connectivity index (χ4n) is 5.48. The van der Waals surface area contributed by atoms with E-state index in [4.69, 9.17) is 17.3 Å². The number of H-pyrrole nitrogens is 1. The lowest BCUT2D eigenvalue weighted by Gasteiger charge is -2.46. The minimum Gasteiger partial charge on any atom is -0.361 e. The number of fused-ring (bicyclic) bond motifs is 1. The number of carbonyl (C=O) groups is 4. The summed E-state index contributed by atoms with van der Waals surface area (Å²) in [7, 11) is 3.40. The first kappa shape index (κ1) is 26.0. The highest BCUT2D eigenvalue weighted by molar-refractivity contribution is 6.34. The molecule has 1 saturated heterocycles. The number of aromatic nitrogens is 1. The van der Waals surface area contributed by atoms with Crippen molar-refractivity contribution in [1.82, 2.24) is 25.4 Å². The van der Waals surface area contributed by atoms with Gasteiger partial charge in [0.05, 0.1) is 6.04 Å². The molecule has 3 atom stereocenters. The van der Waals surface area contributed by atoms with Gasteiger partial charge in [-0.25, -0.2) is 0 Å². The Balaban J connectivity index is 1.63. The number of halogens is 1. The second-order valence-corrected chi connectivity index (χ2v) is 10.3. The van der Waals surface area contributed by atoms with Crippen LogP contribution in [0.3, 0.4) is 0 Å². The van der Waals surface area contributed by atoms with Crippen LogP contribution in [-0.2, 0) is 14.4 Å². The molecule has 1 aliphatic carbocycles. The predicted octanol–water partition coefficient (Wildman–Crippen LogP) is 1.24. The number of rotatable bonds is 5. The van der Waals surface area contributed by atoms with Crippen molar-refractivity contribution in [3.63, 3.8) is 0 Å². The van der Waals surface area contributed by atoms with Crippen LogP contribution in [0.1, 0.15) is 42.6 Å². The van der Waals surface area contributed by atoms with Gasteiger partial charge in [-0.2, -0.15) is 0 Å². The van der Waals surface area contributed by atoms with E-state index >= 15 is 0 Å². The third kappa shape index (κ3) is 5.49. The van der Waals surface area contributed by atoms with Gasteiger partial charge >= 0.3 is 11.8 Å². The van der Waals surface area contributed by atoms with E-state index in [2.05, 4.69) is 15.6 Å². The van der Waals surface area contributed by atoms with Gasteiger partial charge in [0.15, 0.2) is 0 Å². The first-order valence-electron chi connectivity index (χ1n) is 12.3. The fraction of sp³-hybridized carbons (Fsp3) is 0.520. The van der Waals surface area contributed by atoms with E-state index in [1.54, 1.807) is 48.2 Å². The van der Waals surface area contributed by atoms with Gasteiger partial charge in [0.2, 0.25) is 5.91 Å². The van der Waals surface area contributed by atoms with E-state index in [1.807, 2.05) is 0 Å². The molecule has 0 bridgehead atoms. The Bertz CT molecular complexity index is 1160. The lowest BCUT2D eigenvalue weighted by atomic mass is 9.79. The Labute approximate surface area is 214 Å². The zero-order valence-electron chi connectivity index (χ0n) is 20.6. The number of nitrogens with one attached hydrogen (secondary N) is 3. The summed E-state index contributed by atoms with van der Waals surface area (Å²) in [6, 6.07) is 5.85. The smallest absolute Gasteiger partial charge is 0.312 e. The lowest BCUT2D eigenvalue weighted by Crippen LogP contribution is -2.62. The molecule has 36 heavy (non-hydrogen) atoms. The molecule has 2 fully saturated rings. The molecule has 10 nitrogen and oxygen atoms in total. The molecule has 2 aromatic rings. The van der Waals surface area contributed by atoms with Gasteiger partial charge in [-0.05, 0) is 69.5 Å². The number of hydrogen-bond donors (Lipinski definition) is 4. The van der Waals surface area contributed by atoms with Crippen molar-refractivity contribution >= 4 is 46.1 Å². The van der Waals surface area contributed by atoms with E-state index in [9.17, 15) is 19.2 Å². The maximum atomic E-state index is 13.3. The Hall–Kier alpha value is -3.11. The van der Waals surface area contributed by atoms with Crippen LogP contribution in [0.2, 0.25) is 5.02 Å². The van der Waals surface area contributed by atoms with Crippen molar-refractivity contribution < 1.29 is 19.2 Å². The Morgan fingerprint density at radius 2 is 1.78 bits per heavy atom. The highest BCUT2D eigenvalue weighted by atomic mass is 35.5. The van der Waals surface area contributed by atoms with E-state index in [-0.39, 0.29) is 23.8 Å². The first-order chi connectivity index (χ1) is 17.2. The predicted molar refractivity (Wildman–Crippen MR) is 136 cm³/mol. The average Bonchev–Trinajstić information content (AvgIpc) is 3.28. The molecular weight excluding hydrogens is 484 g/mol. The van der Waals surface area contributed by atoms with Crippen LogP contribution < -0.4 is 16.4 Å². The van der Waals surface area contributed by atoms with Crippen molar-refractivity contribution in [1.29, 1.82) is 0 Å². The topological polar surface area (TPSA) is 141 Å². The highest BCUT2D eigenvalue weighted by Gasteiger charge is 2.43. The van der Waals surface area contributed by atoms with Crippen molar-refractivity contribution in [2.45, 2.75) is 50.2 Å². The van der Waals surface area contributed by atoms with E-state index in [0.29, 0.717) is 55.9 Å². The molecule has 1 saturated carbocycles. The summed E-state index contributed by atoms with van der Waals surface area (Å²) in [5.41, 5.74) is 6.61. The third-order valence-electron chi connectivity index (χ3n) is 7.26. The normalized spacial score (nSPS) is 22.7. The molecule has 3 unspecified atom stereocenters. The Morgan fingerprint density at radius 3 is 2.44 bits per heavy atom. The summed E-state index contributed by atoms with van der Waals surface area (Å²) >= 11 is 6.08. The molecule has 1 aromatic carbocycles. The molecule has 4 rings (SSSR count). The van der Waals surface area contributed by atoms with E-state index in [0.717, 1.165) is 10.9 Å². The SMILES string of the molecule is CN(C)C(=O)C1CCC(NC(=O)c2cc3cc(Cl)ccc3[nH]2)C(N(C(=O)C(N)=O)C2CCNCC2)C1. The molecule has 194 valence electrons. The van der Waals surface area contributed by atoms with Crippen LogP contribution in [0, 0.1) is 5.92 Å². The van der Waals surface area contributed by atoms with Gasteiger partial charge in [0.1, 0.15) is 5.69 Å². The van der Waals surface area contributed by atoms with Crippen LogP contribution >= 0.6 is 11.6 Å². The number of nitrogens with zero attached hydrogens (tertiary/aromatic N) is 2. The zero-order valence-corrected chi connectivity index (χ0v) is 21.3. The molecule has 1 aliphatic heterocycles. The number of aromatic amines is 1. The number of piperidine rings is 1. The van der Waals surface area contributed by atoms with Crippen LogP contribution in [0.4, 0.5) is 0 Å². The second kappa shape index (κ2) is 10.9. The van der Waals surface area contributed by atoms with Crippen LogP contribution in [-0.4, -0.2) is 83.7 Å². The largest absolute Gasteiger partial charge is 0.361 e. The molecule has 1 aromatic heterocycles. The molecule has 11 heteroatoms. The quantitative estimate of drug-likeness (QED) is 0.442. The average molecular weight is 517 g/mol. The fourth-order valence-corrected chi connectivity index (χ4v) is 5.66. The summed E-state index contributed by atoms with van der Waals surface area (Å²) in [6.07, 6.45) is 2.70. The van der Waals surface area contributed by atoms with Crippen molar-refractivity contribution in [2.75, 3.05) is 27.2 Å². The molecular formula is C25H33ClN6O4. The van der Waals surface area contributed by atoms with Gasteiger partial charge in [0.25, 0.3) is 5.91 Å². The number of nitrogens with two attached hydrogens (primary N) is 1. The summed E-state index contributed by atoms with van der Waals surface area (Å²) in [4.78, 5) is 57.5. The van der Waals surface area contributed by atoms with Crippen LogP contribution in [0.25, 0.3) is 10.9 Å². The second-order valence-electron chi connectivity index (χ2n) is 9.86. The lowest BCUT2D eigenvalue weighted by molar-refractivity contribution is -0.150. The van der Waals surface area contributed by atoms with Gasteiger partial charge in [-0.1, -0.05) is 11.6 Å². The van der Waals surface area contributed by atoms with Gasteiger partial charge in [-0.15, -0.1) is 0 Å². The third-order valence-corrected chi connectivity index (χ3v) is 7.49. The van der Waals surface area contributed by atoms with Crippen molar-refractivity contribution in [3.8, 4) is 0 Å². The number of amides is 4. The molecule has 2 aliphatic rings.